The molecule has 0 aromatic heterocycles. The Bertz CT molecular complexity index is 1340. The van der Waals surface area contributed by atoms with Gasteiger partial charge < -0.3 is 18.6 Å². The number of benzene rings is 3. The third kappa shape index (κ3) is 10.1. The summed E-state index contributed by atoms with van der Waals surface area (Å²) in [5, 5.41) is 1.99. The molecule has 0 radical (unpaired) electrons. The summed E-state index contributed by atoms with van der Waals surface area (Å²) in [7, 11) is -2.91. The standard InChI is InChI=1S/C38H50O7Si/c1-29(39)44-34(30-20-12-8-13-21-30)35(40)45-31(22-14-11-19-27-42-36(41)37(2,3)4)28-43-46(38(5,6)7,32-23-15-9-16-24-32)33-25-17-10-18-26-33/h8-10,12-13,15-18,20-21,23-26,31,34H,11,14,19,22,27-28H2,1-7H3/t31-,34-/m0/s1. The molecular formula is C38H50O7Si. The van der Waals surface area contributed by atoms with Crippen LogP contribution in [0.15, 0.2) is 91.0 Å². The van der Waals surface area contributed by atoms with Crippen LogP contribution in [0.4, 0.5) is 0 Å². The Balaban J connectivity index is 1.87. The zero-order valence-electron chi connectivity index (χ0n) is 28.4. The van der Waals surface area contributed by atoms with Gasteiger partial charge in [0.25, 0.3) is 8.32 Å². The molecule has 0 fully saturated rings. The molecule has 0 spiro atoms. The topological polar surface area (TPSA) is 88.1 Å². The highest BCUT2D eigenvalue weighted by Gasteiger charge is 2.50. The highest BCUT2D eigenvalue weighted by molar-refractivity contribution is 6.99. The van der Waals surface area contributed by atoms with E-state index in [1.165, 1.54) is 6.92 Å². The molecule has 0 aliphatic heterocycles. The first-order valence-electron chi connectivity index (χ1n) is 16.1. The van der Waals surface area contributed by atoms with Gasteiger partial charge in [-0.1, -0.05) is 112 Å². The fourth-order valence-electron chi connectivity index (χ4n) is 5.46. The van der Waals surface area contributed by atoms with Crippen molar-refractivity contribution in [2.45, 2.75) is 91.4 Å². The zero-order valence-corrected chi connectivity index (χ0v) is 29.4. The maximum absolute atomic E-state index is 13.7. The van der Waals surface area contributed by atoms with Crippen molar-refractivity contribution in [3.63, 3.8) is 0 Å². The van der Waals surface area contributed by atoms with Crippen molar-refractivity contribution in [2.24, 2.45) is 5.41 Å². The van der Waals surface area contributed by atoms with Crippen molar-refractivity contribution >= 4 is 36.6 Å². The molecule has 0 bridgehead atoms. The summed E-state index contributed by atoms with van der Waals surface area (Å²) in [6, 6.07) is 29.5. The first kappa shape index (κ1) is 36.7. The first-order valence-corrected chi connectivity index (χ1v) is 18.0. The second-order valence-corrected chi connectivity index (χ2v) is 18.0. The Kier molecular flexibility index (Phi) is 13.3. The molecule has 0 aliphatic rings. The molecule has 3 aromatic carbocycles. The van der Waals surface area contributed by atoms with Crippen LogP contribution >= 0.6 is 0 Å². The van der Waals surface area contributed by atoms with E-state index >= 15 is 0 Å². The molecule has 46 heavy (non-hydrogen) atoms. The lowest BCUT2D eigenvalue weighted by Gasteiger charge is -2.43. The predicted molar refractivity (Wildman–Crippen MR) is 183 cm³/mol. The van der Waals surface area contributed by atoms with Gasteiger partial charge in [-0.25, -0.2) is 4.79 Å². The number of ether oxygens (including phenoxy) is 3. The second-order valence-electron chi connectivity index (χ2n) is 13.7. The number of esters is 3. The Morgan fingerprint density at radius 1 is 0.696 bits per heavy atom. The summed E-state index contributed by atoms with van der Waals surface area (Å²) in [4.78, 5) is 37.8. The van der Waals surface area contributed by atoms with E-state index in [0.717, 1.165) is 23.2 Å². The smallest absolute Gasteiger partial charge is 0.352 e. The fourth-order valence-corrected chi connectivity index (χ4v) is 10.1. The Morgan fingerprint density at radius 3 is 1.70 bits per heavy atom. The van der Waals surface area contributed by atoms with Crippen LogP contribution in [0.3, 0.4) is 0 Å². The molecule has 0 saturated carbocycles. The maximum atomic E-state index is 13.7. The number of carbonyl (C=O) groups is 3. The average molecular weight is 647 g/mol. The van der Waals surface area contributed by atoms with Crippen LogP contribution in [-0.2, 0) is 33.0 Å². The van der Waals surface area contributed by atoms with Crippen LogP contribution in [-0.4, -0.2) is 45.5 Å². The lowest BCUT2D eigenvalue weighted by molar-refractivity contribution is -0.172. The van der Waals surface area contributed by atoms with Crippen LogP contribution in [0.1, 0.15) is 85.8 Å². The van der Waals surface area contributed by atoms with E-state index in [9.17, 15) is 14.4 Å². The minimum absolute atomic E-state index is 0.166. The highest BCUT2D eigenvalue weighted by atomic mass is 28.4. The molecule has 2 atom stereocenters. The van der Waals surface area contributed by atoms with E-state index in [-0.39, 0.29) is 17.6 Å². The Labute approximate surface area is 275 Å². The van der Waals surface area contributed by atoms with E-state index in [4.69, 9.17) is 18.6 Å². The molecule has 8 heteroatoms. The first-order chi connectivity index (χ1) is 21.8. The summed E-state index contributed by atoms with van der Waals surface area (Å²) >= 11 is 0. The molecule has 0 saturated heterocycles. The van der Waals surface area contributed by atoms with Gasteiger partial charge in [0, 0.05) is 12.5 Å². The predicted octanol–water partition coefficient (Wildman–Crippen LogP) is 6.93. The summed E-state index contributed by atoms with van der Waals surface area (Å²) in [6.07, 6.45) is 0.922. The van der Waals surface area contributed by atoms with Crippen molar-refractivity contribution in [1.29, 1.82) is 0 Å². The average Bonchev–Trinajstić information content (AvgIpc) is 3.01. The van der Waals surface area contributed by atoms with Gasteiger partial charge in [0.05, 0.1) is 18.6 Å². The van der Waals surface area contributed by atoms with E-state index in [1.54, 1.807) is 24.3 Å². The minimum atomic E-state index is -2.91. The molecule has 7 nitrogen and oxygen atoms in total. The van der Waals surface area contributed by atoms with Gasteiger partial charge in [0.15, 0.2) is 0 Å². The number of rotatable bonds is 15. The van der Waals surface area contributed by atoms with Crippen LogP contribution in [0.2, 0.25) is 5.04 Å². The van der Waals surface area contributed by atoms with E-state index in [2.05, 4.69) is 45.0 Å². The van der Waals surface area contributed by atoms with E-state index in [1.807, 2.05) is 63.2 Å². The maximum Gasteiger partial charge on any atom is 0.352 e. The normalized spacial score (nSPS) is 13.4. The highest BCUT2D eigenvalue weighted by Crippen LogP contribution is 2.37. The molecule has 248 valence electrons. The third-order valence-electron chi connectivity index (χ3n) is 7.80. The van der Waals surface area contributed by atoms with Gasteiger partial charge in [-0.15, -0.1) is 0 Å². The minimum Gasteiger partial charge on any atom is -0.465 e. The van der Waals surface area contributed by atoms with Crippen LogP contribution in [0.5, 0.6) is 0 Å². The van der Waals surface area contributed by atoms with E-state index < -0.39 is 37.9 Å². The summed E-state index contributed by atoms with van der Waals surface area (Å²) in [6.45, 7) is 13.9. The fraction of sp³-hybridized carbons (Fsp3) is 0.447. The lowest BCUT2D eigenvalue weighted by atomic mass is 9.97. The SMILES string of the molecule is CC(=O)O[C@H](C(=O)O[C@@H](CCCCCOC(=O)C(C)(C)C)CO[Si](c1ccccc1)(c1ccccc1)C(C)(C)C)c1ccccc1. The molecule has 0 heterocycles. The van der Waals surface area contributed by atoms with Gasteiger partial charge in [-0.05, 0) is 61.9 Å². The number of unbranched alkanes of at least 4 members (excludes halogenated alkanes) is 2. The summed E-state index contributed by atoms with van der Waals surface area (Å²) in [5.41, 5.74) is -0.00975. The lowest BCUT2D eigenvalue weighted by Crippen LogP contribution is -2.67. The second kappa shape index (κ2) is 16.7. The van der Waals surface area contributed by atoms with Gasteiger partial charge in [0.2, 0.25) is 6.10 Å². The van der Waals surface area contributed by atoms with Gasteiger partial charge in [-0.3, -0.25) is 9.59 Å². The van der Waals surface area contributed by atoms with Crippen molar-refractivity contribution in [3.05, 3.63) is 96.6 Å². The Hall–Kier alpha value is -3.75. The largest absolute Gasteiger partial charge is 0.465 e. The quantitative estimate of drug-likeness (QED) is 0.0766. The molecule has 3 aromatic rings. The van der Waals surface area contributed by atoms with Crippen LogP contribution in [0, 0.1) is 5.41 Å². The zero-order chi connectivity index (χ0) is 33.8. The van der Waals surface area contributed by atoms with E-state index in [0.29, 0.717) is 25.0 Å². The molecule has 0 amide bonds. The van der Waals surface area contributed by atoms with Gasteiger partial charge in [-0.2, -0.15) is 0 Å². The van der Waals surface area contributed by atoms with Crippen molar-refractivity contribution in [3.8, 4) is 0 Å². The molecule has 0 unspecified atom stereocenters. The molecule has 3 rings (SSSR count). The number of carbonyl (C=O) groups excluding carboxylic acids is 3. The monoisotopic (exact) mass is 646 g/mol. The van der Waals surface area contributed by atoms with Crippen molar-refractivity contribution < 1.29 is 33.0 Å². The summed E-state index contributed by atoms with van der Waals surface area (Å²) in [5.74, 6) is -1.44. The van der Waals surface area contributed by atoms with Crippen molar-refractivity contribution in [1.82, 2.24) is 0 Å². The Morgan fingerprint density at radius 2 is 1.22 bits per heavy atom. The van der Waals surface area contributed by atoms with Crippen molar-refractivity contribution in [2.75, 3.05) is 13.2 Å². The van der Waals surface area contributed by atoms with Gasteiger partial charge >= 0.3 is 17.9 Å². The number of hydrogen-bond acceptors (Lipinski definition) is 7. The number of hydrogen-bond donors (Lipinski definition) is 0. The van der Waals surface area contributed by atoms with Crippen LogP contribution < -0.4 is 10.4 Å². The van der Waals surface area contributed by atoms with Crippen LogP contribution in [0.25, 0.3) is 0 Å². The molecule has 0 N–H and O–H groups in total. The van der Waals surface area contributed by atoms with Gasteiger partial charge in [0.1, 0.15) is 6.10 Å². The summed E-state index contributed by atoms with van der Waals surface area (Å²) < 4.78 is 24.1. The molecular weight excluding hydrogens is 596 g/mol. The third-order valence-corrected chi connectivity index (χ3v) is 12.8. The molecule has 0 aliphatic carbocycles.